The number of amides is 2. The van der Waals surface area contributed by atoms with Crippen LogP contribution in [0.2, 0.25) is 0 Å². The molecule has 0 saturated carbocycles. The number of benzene rings is 2. The summed E-state index contributed by atoms with van der Waals surface area (Å²) in [6, 6.07) is 13.1. The molecule has 2 amide bonds. The van der Waals surface area contributed by atoms with Crippen LogP contribution in [0.5, 0.6) is 5.75 Å². The molecule has 7 heteroatoms. The van der Waals surface area contributed by atoms with E-state index in [1.807, 2.05) is 6.92 Å². The summed E-state index contributed by atoms with van der Waals surface area (Å²) < 4.78 is 10.3. The summed E-state index contributed by atoms with van der Waals surface area (Å²) in [6.07, 6.45) is 0. The van der Waals surface area contributed by atoms with Crippen molar-refractivity contribution in [3.05, 3.63) is 54.1 Å². The lowest BCUT2D eigenvalue weighted by Crippen LogP contribution is -2.21. The Hall–Kier alpha value is -3.35. The standard InChI is InChI=1S/C19H20N2O5/c1-3-25-17-9-7-15(8-10-17)21-18(23)12-26-19(24)14-5-4-6-16(11-14)20-13(2)22/h4-11H,3,12H2,1-2H3,(H,20,22)(H,21,23). The fraction of sp³-hybridized carbons (Fsp3) is 0.211. The summed E-state index contributed by atoms with van der Waals surface area (Å²) in [4.78, 5) is 35.0. The molecular weight excluding hydrogens is 336 g/mol. The summed E-state index contributed by atoms with van der Waals surface area (Å²) in [5, 5.41) is 5.20. The Bertz CT molecular complexity index is 787. The Balaban J connectivity index is 1.86. The molecule has 2 aromatic rings. The van der Waals surface area contributed by atoms with Crippen LogP contribution in [0.1, 0.15) is 24.2 Å². The Morgan fingerprint density at radius 3 is 2.35 bits per heavy atom. The van der Waals surface area contributed by atoms with E-state index in [1.54, 1.807) is 36.4 Å². The van der Waals surface area contributed by atoms with Gasteiger partial charge in [-0.1, -0.05) is 6.07 Å². The van der Waals surface area contributed by atoms with Crippen molar-refractivity contribution in [2.75, 3.05) is 23.8 Å². The quantitative estimate of drug-likeness (QED) is 0.744. The van der Waals surface area contributed by atoms with Crippen molar-refractivity contribution in [1.82, 2.24) is 0 Å². The third-order valence-electron chi connectivity index (χ3n) is 3.20. The normalized spacial score (nSPS) is 9.92. The predicted molar refractivity (Wildman–Crippen MR) is 97.3 cm³/mol. The molecule has 2 rings (SSSR count). The Labute approximate surface area is 151 Å². The second-order valence-corrected chi connectivity index (χ2v) is 5.34. The predicted octanol–water partition coefficient (Wildman–Crippen LogP) is 2.84. The third kappa shape index (κ3) is 5.94. The maximum Gasteiger partial charge on any atom is 0.338 e. The van der Waals surface area contributed by atoms with E-state index in [0.29, 0.717) is 23.7 Å². The number of anilines is 2. The third-order valence-corrected chi connectivity index (χ3v) is 3.20. The van der Waals surface area contributed by atoms with Crippen LogP contribution in [0.3, 0.4) is 0 Å². The lowest BCUT2D eigenvalue weighted by molar-refractivity contribution is -0.119. The van der Waals surface area contributed by atoms with E-state index in [0.717, 1.165) is 0 Å². The lowest BCUT2D eigenvalue weighted by Gasteiger charge is -2.08. The molecule has 0 aliphatic heterocycles. The molecule has 136 valence electrons. The summed E-state index contributed by atoms with van der Waals surface area (Å²) >= 11 is 0. The van der Waals surface area contributed by atoms with Gasteiger partial charge in [-0.25, -0.2) is 4.79 Å². The first-order valence-corrected chi connectivity index (χ1v) is 8.05. The first kappa shape index (κ1) is 19.0. The summed E-state index contributed by atoms with van der Waals surface area (Å²) in [5.41, 5.74) is 1.29. The van der Waals surface area contributed by atoms with Gasteiger partial charge in [0.15, 0.2) is 6.61 Å². The summed E-state index contributed by atoms with van der Waals surface area (Å²) in [7, 11) is 0. The average Bonchev–Trinajstić information content (AvgIpc) is 2.61. The molecule has 0 saturated heterocycles. The topological polar surface area (TPSA) is 93.7 Å². The van der Waals surface area contributed by atoms with E-state index in [1.165, 1.54) is 19.1 Å². The van der Waals surface area contributed by atoms with Crippen LogP contribution >= 0.6 is 0 Å². The molecule has 7 nitrogen and oxygen atoms in total. The highest BCUT2D eigenvalue weighted by molar-refractivity contribution is 5.96. The number of carbonyl (C=O) groups excluding carboxylic acids is 3. The molecule has 2 aromatic carbocycles. The van der Waals surface area contributed by atoms with Gasteiger partial charge >= 0.3 is 5.97 Å². The van der Waals surface area contributed by atoms with Crippen LogP contribution in [0.4, 0.5) is 11.4 Å². The van der Waals surface area contributed by atoms with Crippen molar-refractivity contribution in [2.24, 2.45) is 0 Å². The SMILES string of the molecule is CCOc1ccc(NC(=O)COC(=O)c2cccc(NC(C)=O)c2)cc1. The largest absolute Gasteiger partial charge is 0.494 e. The van der Waals surface area contributed by atoms with E-state index in [2.05, 4.69) is 10.6 Å². The van der Waals surface area contributed by atoms with Gasteiger partial charge in [-0.15, -0.1) is 0 Å². The molecule has 0 radical (unpaired) electrons. The number of ether oxygens (including phenoxy) is 2. The van der Waals surface area contributed by atoms with Crippen molar-refractivity contribution >= 4 is 29.2 Å². The van der Waals surface area contributed by atoms with Crippen molar-refractivity contribution in [3.63, 3.8) is 0 Å². The van der Waals surface area contributed by atoms with Crippen LogP contribution < -0.4 is 15.4 Å². The van der Waals surface area contributed by atoms with Crippen LogP contribution in [0.15, 0.2) is 48.5 Å². The first-order chi connectivity index (χ1) is 12.5. The van der Waals surface area contributed by atoms with Gasteiger partial charge in [0.25, 0.3) is 5.91 Å². The van der Waals surface area contributed by atoms with E-state index in [-0.39, 0.29) is 11.5 Å². The van der Waals surface area contributed by atoms with Crippen molar-refractivity contribution in [1.29, 1.82) is 0 Å². The minimum absolute atomic E-state index is 0.241. The minimum Gasteiger partial charge on any atom is -0.494 e. The number of esters is 1. The zero-order valence-corrected chi connectivity index (χ0v) is 14.6. The molecular formula is C19H20N2O5. The van der Waals surface area contributed by atoms with E-state index in [9.17, 15) is 14.4 Å². The number of nitrogens with one attached hydrogen (secondary N) is 2. The monoisotopic (exact) mass is 356 g/mol. The number of carbonyl (C=O) groups is 3. The van der Waals surface area contributed by atoms with Gasteiger partial charge in [0.2, 0.25) is 5.91 Å². The first-order valence-electron chi connectivity index (χ1n) is 8.05. The van der Waals surface area contributed by atoms with Crippen molar-refractivity contribution in [3.8, 4) is 5.75 Å². The summed E-state index contributed by atoms with van der Waals surface area (Å²) in [5.74, 6) is -0.652. The number of hydrogen-bond donors (Lipinski definition) is 2. The Morgan fingerprint density at radius 1 is 0.962 bits per heavy atom. The number of hydrogen-bond acceptors (Lipinski definition) is 5. The minimum atomic E-state index is -0.654. The lowest BCUT2D eigenvalue weighted by atomic mass is 10.2. The second kappa shape index (κ2) is 9.22. The smallest absolute Gasteiger partial charge is 0.338 e. The molecule has 0 unspecified atom stereocenters. The zero-order valence-electron chi connectivity index (χ0n) is 14.6. The van der Waals surface area contributed by atoms with Crippen LogP contribution in [-0.2, 0) is 14.3 Å². The van der Waals surface area contributed by atoms with Gasteiger partial charge in [0, 0.05) is 18.3 Å². The van der Waals surface area contributed by atoms with Gasteiger partial charge in [-0.3, -0.25) is 9.59 Å². The molecule has 0 atom stereocenters. The van der Waals surface area contributed by atoms with Crippen molar-refractivity contribution in [2.45, 2.75) is 13.8 Å². The van der Waals surface area contributed by atoms with Gasteiger partial charge in [-0.05, 0) is 49.4 Å². The molecule has 0 spiro atoms. The van der Waals surface area contributed by atoms with Gasteiger partial charge in [0.05, 0.1) is 12.2 Å². The molecule has 2 N–H and O–H groups in total. The highest BCUT2D eigenvalue weighted by Crippen LogP contribution is 2.16. The van der Waals surface area contributed by atoms with Crippen LogP contribution in [0.25, 0.3) is 0 Å². The van der Waals surface area contributed by atoms with Crippen LogP contribution in [-0.4, -0.2) is 31.0 Å². The summed E-state index contributed by atoms with van der Waals surface area (Å²) in [6.45, 7) is 3.40. The molecule has 26 heavy (non-hydrogen) atoms. The van der Waals surface area contributed by atoms with E-state index >= 15 is 0 Å². The molecule has 0 heterocycles. The molecule has 0 aliphatic rings. The van der Waals surface area contributed by atoms with Gasteiger partial charge in [-0.2, -0.15) is 0 Å². The highest BCUT2D eigenvalue weighted by Gasteiger charge is 2.11. The molecule has 0 aliphatic carbocycles. The Morgan fingerprint density at radius 2 is 1.69 bits per heavy atom. The maximum atomic E-state index is 12.0. The van der Waals surface area contributed by atoms with E-state index in [4.69, 9.17) is 9.47 Å². The van der Waals surface area contributed by atoms with E-state index < -0.39 is 18.5 Å². The Kier molecular flexibility index (Phi) is 6.73. The van der Waals surface area contributed by atoms with Crippen molar-refractivity contribution < 1.29 is 23.9 Å². The zero-order chi connectivity index (χ0) is 18.9. The maximum absolute atomic E-state index is 12.0. The fourth-order valence-corrected chi connectivity index (χ4v) is 2.14. The molecule has 0 bridgehead atoms. The molecule has 0 aromatic heterocycles. The fourth-order valence-electron chi connectivity index (χ4n) is 2.14. The van der Waals surface area contributed by atoms with Gasteiger partial charge in [0.1, 0.15) is 5.75 Å². The van der Waals surface area contributed by atoms with Gasteiger partial charge < -0.3 is 20.1 Å². The molecule has 0 fully saturated rings. The van der Waals surface area contributed by atoms with Crippen LogP contribution in [0, 0.1) is 0 Å². The average molecular weight is 356 g/mol. The number of rotatable bonds is 7. The highest BCUT2D eigenvalue weighted by atomic mass is 16.5. The second-order valence-electron chi connectivity index (χ2n) is 5.34.